The van der Waals surface area contributed by atoms with Gasteiger partial charge in [-0.05, 0) is 37.9 Å². The summed E-state index contributed by atoms with van der Waals surface area (Å²) in [6.45, 7) is 9.65. The van der Waals surface area contributed by atoms with Gasteiger partial charge in [0.1, 0.15) is 0 Å². The van der Waals surface area contributed by atoms with E-state index in [1.807, 2.05) is 9.80 Å². The number of carbonyl (C=O) groups excluding carboxylic acids is 2. The van der Waals surface area contributed by atoms with Gasteiger partial charge in [0, 0.05) is 32.6 Å². The Morgan fingerprint density at radius 2 is 1.37 bits per heavy atom. The van der Waals surface area contributed by atoms with Gasteiger partial charge in [0.25, 0.3) is 0 Å². The zero-order chi connectivity index (χ0) is 18.3. The third kappa shape index (κ3) is 7.41. The van der Waals surface area contributed by atoms with Gasteiger partial charge in [0.05, 0.1) is 6.54 Å². The molecule has 0 atom stereocenters. The van der Waals surface area contributed by atoms with Crippen LogP contribution in [-0.4, -0.2) is 78.9 Å². The molecule has 2 aliphatic rings. The first-order valence-electron chi connectivity index (χ1n) is 10.0. The molecule has 2 fully saturated rings. The van der Waals surface area contributed by atoms with Crippen LogP contribution in [0, 0.1) is 5.41 Å². The number of nitrogens with two attached hydrogens (primary N) is 1. The molecule has 0 unspecified atom stereocenters. The fourth-order valence-corrected chi connectivity index (χ4v) is 4.13. The summed E-state index contributed by atoms with van der Waals surface area (Å²) in [5.74, 6) is 0.407. The molecule has 2 amide bonds. The zero-order valence-corrected chi connectivity index (χ0v) is 18.6. The maximum atomic E-state index is 12.7. The molecule has 160 valence electrons. The molecule has 1 heterocycles. The molecule has 6 nitrogen and oxygen atoms in total. The van der Waals surface area contributed by atoms with E-state index in [4.69, 9.17) is 5.73 Å². The molecular formula is C19H38Cl2N4O2. The summed E-state index contributed by atoms with van der Waals surface area (Å²) in [5, 5.41) is 0. The lowest BCUT2D eigenvalue weighted by Crippen LogP contribution is -2.53. The highest BCUT2D eigenvalue weighted by molar-refractivity contribution is 5.85. The Bertz CT molecular complexity index is 447. The second kappa shape index (κ2) is 12.8. The van der Waals surface area contributed by atoms with Crippen LogP contribution in [0.4, 0.5) is 0 Å². The first kappa shape index (κ1) is 26.4. The molecule has 27 heavy (non-hydrogen) atoms. The lowest BCUT2D eigenvalue weighted by atomic mass is 9.71. The summed E-state index contributed by atoms with van der Waals surface area (Å²) >= 11 is 0. The maximum absolute atomic E-state index is 12.7. The minimum Gasteiger partial charge on any atom is -0.339 e. The number of rotatable bonds is 7. The van der Waals surface area contributed by atoms with Crippen molar-refractivity contribution in [1.82, 2.24) is 14.7 Å². The van der Waals surface area contributed by atoms with Crippen LogP contribution < -0.4 is 5.73 Å². The van der Waals surface area contributed by atoms with Crippen LogP contribution in [0.25, 0.3) is 0 Å². The van der Waals surface area contributed by atoms with Crippen molar-refractivity contribution in [3.63, 3.8) is 0 Å². The Balaban J connectivity index is 0.00000338. The maximum Gasteiger partial charge on any atom is 0.236 e. The summed E-state index contributed by atoms with van der Waals surface area (Å²) in [4.78, 5) is 31.1. The molecule has 0 aromatic rings. The first-order chi connectivity index (χ1) is 12.0. The van der Waals surface area contributed by atoms with Gasteiger partial charge in [0.2, 0.25) is 11.8 Å². The Hall–Kier alpha value is -0.560. The predicted molar refractivity (Wildman–Crippen MR) is 115 cm³/mol. The number of hydrogen-bond acceptors (Lipinski definition) is 4. The monoisotopic (exact) mass is 424 g/mol. The summed E-state index contributed by atoms with van der Waals surface area (Å²) in [5.41, 5.74) is 6.04. The van der Waals surface area contributed by atoms with Gasteiger partial charge < -0.3 is 15.5 Å². The fraction of sp³-hybridized carbons (Fsp3) is 0.895. The quantitative estimate of drug-likeness (QED) is 0.679. The van der Waals surface area contributed by atoms with Crippen LogP contribution in [0.1, 0.15) is 52.4 Å². The van der Waals surface area contributed by atoms with Crippen LogP contribution >= 0.6 is 24.8 Å². The molecule has 1 saturated heterocycles. The van der Waals surface area contributed by atoms with E-state index in [9.17, 15) is 9.59 Å². The van der Waals surface area contributed by atoms with Crippen molar-refractivity contribution in [3.8, 4) is 0 Å². The standard InChI is InChI=1S/C19H36N4O2.2ClH/c1-3-21(4-2)15-18(25)23-12-10-22(11-13-23)17(24)14-19(16-20)8-6-5-7-9-19;;/h3-16,20H2,1-2H3;2*1H. The number of halogens is 2. The van der Waals surface area contributed by atoms with E-state index in [1.165, 1.54) is 19.3 Å². The van der Waals surface area contributed by atoms with Crippen LogP contribution in [0.2, 0.25) is 0 Å². The van der Waals surface area contributed by atoms with E-state index in [0.717, 1.165) is 25.9 Å². The number of carbonyl (C=O) groups is 2. The average Bonchev–Trinajstić information content (AvgIpc) is 2.66. The molecule has 1 aliphatic carbocycles. The Morgan fingerprint density at radius 1 is 0.889 bits per heavy atom. The highest BCUT2D eigenvalue weighted by atomic mass is 35.5. The van der Waals surface area contributed by atoms with Crippen LogP contribution in [0.3, 0.4) is 0 Å². The molecule has 8 heteroatoms. The van der Waals surface area contributed by atoms with Gasteiger partial charge in [-0.25, -0.2) is 0 Å². The number of hydrogen-bond donors (Lipinski definition) is 1. The van der Waals surface area contributed by atoms with Gasteiger partial charge >= 0.3 is 0 Å². The van der Waals surface area contributed by atoms with Gasteiger partial charge in [-0.2, -0.15) is 0 Å². The van der Waals surface area contributed by atoms with Crippen molar-refractivity contribution in [2.24, 2.45) is 11.1 Å². The summed E-state index contributed by atoms with van der Waals surface area (Å²) in [7, 11) is 0. The Morgan fingerprint density at radius 3 is 1.81 bits per heavy atom. The largest absolute Gasteiger partial charge is 0.339 e. The number of piperazine rings is 1. The fourth-order valence-electron chi connectivity index (χ4n) is 4.13. The van der Waals surface area contributed by atoms with Crippen molar-refractivity contribution in [2.75, 3.05) is 52.4 Å². The molecule has 0 bridgehead atoms. The molecule has 2 rings (SSSR count). The summed E-state index contributed by atoms with van der Waals surface area (Å²) in [6.07, 6.45) is 6.39. The van der Waals surface area contributed by atoms with E-state index in [0.29, 0.717) is 45.7 Å². The second-order valence-corrected chi connectivity index (χ2v) is 7.66. The van der Waals surface area contributed by atoms with Crippen molar-refractivity contribution in [3.05, 3.63) is 0 Å². The third-order valence-electron chi connectivity index (χ3n) is 6.11. The number of likely N-dealkylation sites (N-methyl/N-ethyl adjacent to an activating group) is 1. The third-order valence-corrected chi connectivity index (χ3v) is 6.11. The lowest BCUT2D eigenvalue weighted by Gasteiger charge is -2.40. The Labute approximate surface area is 177 Å². The minimum atomic E-state index is 0. The normalized spacial score (nSPS) is 19.3. The van der Waals surface area contributed by atoms with Gasteiger partial charge in [-0.15, -0.1) is 24.8 Å². The van der Waals surface area contributed by atoms with E-state index < -0.39 is 0 Å². The van der Waals surface area contributed by atoms with E-state index in [-0.39, 0.29) is 42.0 Å². The summed E-state index contributed by atoms with van der Waals surface area (Å²) < 4.78 is 0. The number of amides is 2. The highest BCUT2D eigenvalue weighted by Gasteiger charge is 2.35. The molecule has 0 aromatic heterocycles. The smallest absolute Gasteiger partial charge is 0.236 e. The first-order valence-corrected chi connectivity index (χ1v) is 10.0. The highest BCUT2D eigenvalue weighted by Crippen LogP contribution is 2.38. The van der Waals surface area contributed by atoms with Gasteiger partial charge in [-0.3, -0.25) is 14.5 Å². The SMILES string of the molecule is CCN(CC)CC(=O)N1CCN(C(=O)CC2(CN)CCCCC2)CC1.Cl.Cl. The van der Waals surface area contributed by atoms with Crippen molar-refractivity contribution in [2.45, 2.75) is 52.4 Å². The van der Waals surface area contributed by atoms with Crippen LogP contribution in [0.5, 0.6) is 0 Å². The molecule has 0 radical (unpaired) electrons. The minimum absolute atomic E-state index is 0. The van der Waals surface area contributed by atoms with Crippen molar-refractivity contribution >= 4 is 36.6 Å². The van der Waals surface area contributed by atoms with Crippen LogP contribution in [-0.2, 0) is 9.59 Å². The summed E-state index contributed by atoms with van der Waals surface area (Å²) in [6, 6.07) is 0. The molecule has 1 aliphatic heterocycles. The van der Waals surface area contributed by atoms with Gasteiger partial charge in [0.15, 0.2) is 0 Å². The molecule has 2 N–H and O–H groups in total. The van der Waals surface area contributed by atoms with Gasteiger partial charge in [-0.1, -0.05) is 33.1 Å². The second-order valence-electron chi connectivity index (χ2n) is 7.66. The average molecular weight is 425 g/mol. The topological polar surface area (TPSA) is 69.9 Å². The lowest BCUT2D eigenvalue weighted by molar-refractivity contribution is -0.141. The molecule has 0 aromatic carbocycles. The molecular weight excluding hydrogens is 387 g/mol. The van der Waals surface area contributed by atoms with E-state index in [1.54, 1.807) is 0 Å². The van der Waals surface area contributed by atoms with E-state index in [2.05, 4.69) is 18.7 Å². The predicted octanol–water partition coefficient (Wildman–Crippen LogP) is 2.14. The zero-order valence-electron chi connectivity index (χ0n) is 17.0. The number of nitrogens with zero attached hydrogens (tertiary/aromatic N) is 3. The van der Waals surface area contributed by atoms with Crippen molar-refractivity contribution in [1.29, 1.82) is 0 Å². The van der Waals surface area contributed by atoms with Crippen LogP contribution in [0.15, 0.2) is 0 Å². The Kier molecular flexibility index (Phi) is 12.5. The molecule has 1 saturated carbocycles. The molecule has 0 spiro atoms. The van der Waals surface area contributed by atoms with Crippen molar-refractivity contribution < 1.29 is 9.59 Å². The van der Waals surface area contributed by atoms with E-state index >= 15 is 0 Å².